The molecule has 0 bridgehead atoms. The summed E-state index contributed by atoms with van der Waals surface area (Å²) in [6.07, 6.45) is 0.862. The molecule has 1 aromatic carbocycles. The fourth-order valence-electron chi connectivity index (χ4n) is 1.64. The molecule has 0 saturated heterocycles. The highest BCUT2D eigenvalue weighted by Crippen LogP contribution is 2.32. The Hall–Kier alpha value is -1.64. The smallest absolute Gasteiger partial charge is 0.198 e. The Morgan fingerprint density at radius 3 is 2.92 bits per heavy atom. The minimum atomic E-state index is 0.171. The van der Waals surface area contributed by atoms with Gasteiger partial charge in [-0.1, -0.05) is 19.1 Å². The highest BCUT2D eigenvalue weighted by Gasteiger charge is 2.09. The molecule has 0 spiro atoms. The van der Waals surface area contributed by atoms with E-state index in [2.05, 4.69) is 4.98 Å². The lowest BCUT2D eigenvalue weighted by Gasteiger charge is -1.96. The number of nitrogens with one attached hydrogen (secondary N) is 1. The fraction of sp³-hybridized carbons (Fsp3) is 0.200. The molecule has 0 aliphatic carbocycles. The van der Waals surface area contributed by atoms with Gasteiger partial charge in [0.1, 0.15) is 0 Å². The van der Waals surface area contributed by atoms with Crippen LogP contribution in [0.2, 0.25) is 0 Å². The third-order valence-electron chi connectivity index (χ3n) is 2.28. The van der Waals surface area contributed by atoms with Crippen LogP contribution >= 0.6 is 0 Å². The monoisotopic (exact) mass is 176 g/mol. The summed E-state index contributed by atoms with van der Waals surface area (Å²) in [6, 6.07) is 5.64. The molecular weight excluding hydrogens is 164 g/mol. The lowest BCUT2D eigenvalue weighted by Crippen LogP contribution is -1.84. The minimum Gasteiger partial charge on any atom is -0.494 e. The molecule has 0 fully saturated rings. The molecular formula is C10H12N2O. The van der Waals surface area contributed by atoms with E-state index in [1.165, 1.54) is 0 Å². The summed E-state index contributed by atoms with van der Waals surface area (Å²) in [5.74, 6) is 0.171. The standard InChI is InChI=1S/C10H12N2O/c1-2-8-6-4-3-5-7(11)9(6)10(13)12-8/h3-5,12-13H,2,11H2,1H3. The third kappa shape index (κ3) is 1.04. The molecule has 2 rings (SSSR count). The Kier molecular flexibility index (Phi) is 1.65. The van der Waals surface area contributed by atoms with E-state index in [-0.39, 0.29) is 5.88 Å². The molecule has 0 unspecified atom stereocenters. The molecule has 4 N–H and O–H groups in total. The maximum Gasteiger partial charge on any atom is 0.198 e. The van der Waals surface area contributed by atoms with Gasteiger partial charge in [-0.2, -0.15) is 0 Å². The van der Waals surface area contributed by atoms with Crippen molar-refractivity contribution in [3.05, 3.63) is 23.9 Å². The number of anilines is 1. The lowest BCUT2D eigenvalue weighted by atomic mass is 10.1. The SMILES string of the molecule is CCc1[nH]c(O)c2c(N)cccc12. The van der Waals surface area contributed by atoms with Crippen molar-refractivity contribution in [1.82, 2.24) is 4.98 Å². The average molecular weight is 176 g/mol. The first-order valence-corrected chi connectivity index (χ1v) is 4.32. The van der Waals surface area contributed by atoms with Crippen molar-refractivity contribution in [1.29, 1.82) is 0 Å². The van der Waals surface area contributed by atoms with E-state index in [4.69, 9.17) is 5.73 Å². The van der Waals surface area contributed by atoms with Gasteiger partial charge in [0.25, 0.3) is 0 Å². The Labute approximate surface area is 76.2 Å². The first kappa shape index (κ1) is 7.98. The van der Waals surface area contributed by atoms with Gasteiger partial charge in [0.15, 0.2) is 5.88 Å². The molecule has 3 nitrogen and oxygen atoms in total. The van der Waals surface area contributed by atoms with E-state index in [0.29, 0.717) is 5.69 Å². The second-order valence-electron chi connectivity index (χ2n) is 3.08. The van der Waals surface area contributed by atoms with Crippen LogP contribution < -0.4 is 5.73 Å². The molecule has 3 heteroatoms. The van der Waals surface area contributed by atoms with Crippen molar-refractivity contribution in [3.63, 3.8) is 0 Å². The number of benzene rings is 1. The second kappa shape index (κ2) is 2.69. The highest BCUT2D eigenvalue weighted by atomic mass is 16.3. The van der Waals surface area contributed by atoms with E-state index in [1.807, 2.05) is 19.1 Å². The second-order valence-corrected chi connectivity index (χ2v) is 3.08. The number of H-pyrrole nitrogens is 1. The van der Waals surface area contributed by atoms with Gasteiger partial charge in [-0.15, -0.1) is 0 Å². The highest BCUT2D eigenvalue weighted by molar-refractivity contribution is 5.99. The molecule has 1 heterocycles. The van der Waals surface area contributed by atoms with E-state index < -0.39 is 0 Å². The summed E-state index contributed by atoms with van der Waals surface area (Å²) >= 11 is 0. The number of aromatic nitrogens is 1. The predicted octanol–water partition coefficient (Wildman–Crippen LogP) is 2.02. The van der Waals surface area contributed by atoms with Crippen LogP contribution in [-0.2, 0) is 6.42 Å². The van der Waals surface area contributed by atoms with Crippen LogP contribution in [0.25, 0.3) is 10.8 Å². The molecule has 2 aromatic rings. The minimum absolute atomic E-state index is 0.171. The number of aromatic hydroxyl groups is 1. The van der Waals surface area contributed by atoms with Crippen molar-refractivity contribution in [3.8, 4) is 5.88 Å². The summed E-state index contributed by atoms with van der Waals surface area (Å²) in [5, 5.41) is 11.3. The van der Waals surface area contributed by atoms with E-state index in [0.717, 1.165) is 22.9 Å². The quantitative estimate of drug-likeness (QED) is 0.582. The van der Waals surface area contributed by atoms with Gasteiger partial charge in [-0.05, 0) is 12.5 Å². The van der Waals surface area contributed by atoms with Crippen LogP contribution in [0.1, 0.15) is 12.6 Å². The van der Waals surface area contributed by atoms with Crippen molar-refractivity contribution in [2.75, 3.05) is 5.73 Å². The first-order chi connectivity index (χ1) is 6.24. The Balaban J connectivity index is 2.87. The van der Waals surface area contributed by atoms with Crippen molar-refractivity contribution in [2.24, 2.45) is 0 Å². The Bertz CT molecular complexity index is 445. The topological polar surface area (TPSA) is 62.0 Å². The molecule has 0 aliphatic heterocycles. The van der Waals surface area contributed by atoms with Crippen molar-refractivity contribution >= 4 is 16.5 Å². The molecule has 0 atom stereocenters. The number of aromatic amines is 1. The van der Waals surface area contributed by atoms with Gasteiger partial charge in [-0.25, -0.2) is 0 Å². The lowest BCUT2D eigenvalue weighted by molar-refractivity contribution is 0.461. The third-order valence-corrected chi connectivity index (χ3v) is 2.28. The van der Waals surface area contributed by atoms with Crippen LogP contribution in [0.5, 0.6) is 5.88 Å². The predicted molar refractivity (Wildman–Crippen MR) is 53.8 cm³/mol. The average Bonchev–Trinajstić information content (AvgIpc) is 2.44. The number of rotatable bonds is 1. The van der Waals surface area contributed by atoms with Gasteiger partial charge in [0.2, 0.25) is 0 Å². The van der Waals surface area contributed by atoms with E-state index in [9.17, 15) is 5.11 Å². The van der Waals surface area contributed by atoms with Gasteiger partial charge >= 0.3 is 0 Å². The van der Waals surface area contributed by atoms with Crippen LogP contribution in [0.15, 0.2) is 18.2 Å². The van der Waals surface area contributed by atoms with Gasteiger partial charge in [0, 0.05) is 16.8 Å². The summed E-state index contributed by atoms with van der Waals surface area (Å²) in [7, 11) is 0. The zero-order valence-corrected chi connectivity index (χ0v) is 7.46. The number of hydrogen-bond acceptors (Lipinski definition) is 2. The first-order valence-electron chi connectivity index (χ1n) is 4.32. The number of hydrogen-bond donors (Lipinski definition) is 3. The number of nitrogens with two attached hydrogens (primary N) is 1. The maximum absolute atomic E-state index is 9.57. The van der Waals surface area contributed by atoms with Crippen molar-refractivity contribution in [2.45, 2.75) is 13.3 Å². The van der Waals surface area contributed by atoms with Crippen molar-refractivity contribution < 1.29 is 5.11 Å². The summed E-state index contributed by atoms with van der Waals surface area (Å²) in [4.78, 5) is 2.92. The summed E-state index contributed by atoms with van der Waals surface area (Å²) in [5.41, 5.74) is 7.39. The van der Waals surface area contributed by atoms with Gasteiger partial charge in [-0.3, -0.25) is 0 Å². The normalized spacial score (nSPS) is 10.8. The van der Waals surface area contributed by atoms with Crippen LogP contribution in [0.3, 0.4) is 0 Å². The van der Waals surface area contributed by atoms with Gasteiger partial charge < -0.3 is 15.8 Å². The summed E-state index contributed by atoms with van der Waals surface area (Å²) in [6.45, 7) is 2.04. The molecule has 0 saturated carbocycles. The van der Waals surface area contributed by atoms with E-state index in [1.54, 1.807) is 6.07 Å². The van der Waals surface area contributed by atoms with Crippen LogP contribution in [0.4, 0.5) is 5.69 Å². The maximum atomic E-state index is 9.57. The van der Waals surface area contributed by atoms with Gasteiger partial charge in [0.05, 0.1) is 5.39 Å². The molecule has 13 heavy (non-hydrogen) atoms. The zero-order chi connectivity index (χ0) is 9.42. The molecule has 68 valence electrons. The van der Waals surface area contributed by atoms with Crippen LogP contribution in [-0.4, -0.2) is 10.1 Å². The number of aryl methyl sites for hydroxylation is 1. The largest absolute Gasteiger partial charge is 0.494 e. The zero-order valence-electron chi connectivity index (χ0n) is 7.46. The van der Waals surface area contributed by atoms with Crippen LogP contribution in [0, 0.1) is 0 Å². The van der Waals surface area contributed by atoms with E-state index >= 15 is 0 Å². The molecule has 1 aromatic heterocycles. The number of fused-ring (bicyclic) bond motifs is 1. The number of nitrogen functional groups attached to an aromatic ring is 1. The summed E-state index contributed by atoms with van der Waals surface area (Å²) < 4.78 is 0. The fourth-order valence-corrected chi connectivity index (χ4v) is 1.64. The Morgan fingerprint density at radius 2 is 2.23 bits per heavy atom. The molecule has 0 aliphatic rings. The molecule has 0 amide bonds. The Morgan fingerprint density at radius 1 is 1.46 bits per heavy atom. The molecule has 0 radical (unpaired) electrons.